The number of aryl methyl sites for hydroxylation is 1. The molecule has 2 saturated heterocycles. The fourth-order valence-electron chi connectivity index (χ4n) is 4.77. The minimum atomic E-state index is -2.86. The molecule has 4 heterocycles. The van der Waals surface area contributed by atoms with Gasteiger partial charge < -0.3 is 15.1 Å². The highest BCUT2D eigenvalue weighted by Crippen LogP contribution is 2.41. The summed E-state index contributed by atoms with van der Waals surface area (Å²) in [5.41, 5.74) is 0.679. The first-order valence-corrected chi connectivity index (χ1v) is 10.2. The molecule has 2 aliphatic heterocycles. The zero-order chi connectivity index (χ0) is 21.8. The molecule has 9 heteroatoms. The van der Waals surface area contributed by atoms with E-state index in [0.717, 1.165) is 54.5 Å². The summed E-state index contributed by atoms with van der Waals surface area (Å²) < 4.78 is 40.4. The molecule has 1 spiro atoms. The third-order valence-corrected chi connectivity index (χ3v) is 6.21. The third-order valence-electron chi connectivity index (χ3n) is 6.21. The molecule has 0 saturated carbocycles. The van der Waals surface area contributed by atoms with Crippen LogP contribution in [0.15, 0.2) is 30.5 Å². The number of likely N-dealkylation sites (tertiary alicyclic amines) is 1. The Morgan fingerprint density at radius 3 is 2.61 bits per heavy atom. The molecule has 6 nitrogen and oxygen atoms in total. The van der Waals surface area contributed by atoms with Crippen molar-refractivity contribution >= 4 is 22.4 Å². The Morgan fingerprint density at radius 2 is 1.90 bits per heavy atom. The fraction of sp³-hybridized carbons (Fsp3) is 0.409. The van der Waals surface area contributed by atoms with E-state index >= 15 is 0 Å². The molecule has 0 atom stereocenters. The smallest absolute Gasteiger partial charge is 0.266 e. The maximum atomic E-state index is 14.4. The average molecular weight is 428 g/mol. The van der Waals surface area contributed by atoms with Gasteiger partial charge in [-0.25, -0.2) is 18.2 Å². The van der Waals surface area contributed by atoms with Gasteiger partial charge in [-0.15, -0.1) is 5.10 Å². The van der Waals surface area contributed by atoms with Gasteiger partial charge >= 0.3 is 0 Å². The van der Waals surface area contributed by atoms with E-state index in [1.165, 1.54) is 12.1 Å². The number of alkyl halides is 2. The lowest BCUT2D eigenvalue weighted by Gasteiger charge is -2.59. The van der Waals surface area contributed by atoms with Gasteiger partial charge in [-0.1, -0.05) is 18.2 Å². The molecule has 0 amide bonds. The number of hydrogen-bond donors (Lipinski definition) is 1. The Hall–Kier alpha value is -2.94. The highest BCUT2D eigenvalue weighted by atomic mass is 19.3. The number of pyridine rings is 1. The standard InChI is InChI=1S/C22H23F3N6/c1-13-17-8-26-18(31-11-22(12-31)9-30(2)10-22)6-16(17)21(29-28-13)27-7-14-4-3-5-15(19(14)23)20(24)25/h3-6,8,20H,7,9-12H2,1-2H3,(H,27,29). The van der Waals surface area contributed by atoms with Crippen molar-refractivity contribution in [2.24, 2.45) is 5.41 Å². The summed E-state index contributed by atoms with van der Waals surface area (Å²) in [6, 6.07) is 5.99. The molecule has 5 rings (SSSR count). The number of halogens is 3. The second-order valence-corrected chi connectivity index (χ2v) is 8.73. The molecule has 0 bridgehead atoms. The van der Waals surface area contributed by atoms with E-state index in [1.807, 2.05) is 13.0 Å². The number of nitrogens with zero attached hydrogens (tertiary/aromatic N) is 5. The van der Waals surface area contributed by atoms with Gasteiger partial charge in [-0.2, -0.15) is 5.10 Å². The first-order chi connectivity index (χ1) is 14.8. The number of fused-ring (bicyclic) bond motifs is 1. The summed E-state index contributed by atoms with van der Waals surface area (Å²) in [6.07, 6.45) is -1.07. The van der Waals surface area contributed by atoms with E-state index in [0.29, 0.717) is 11.2 Å². The molecule has 31 heavy (non-hydrogen) atoms. The maximum absolute atomic E-state index is 14.4. The van der Waals surface area contributed by atoms with Crippen molar-refractivity contribution in [2.45, 2.75) is 19.9 Å². The zero-order valence-corrected chi connectivity index (χ0v) is 17.4. The molecule has 1 aromatic carbocycles. The lowest BCUT2D eigenvalue weighted by Crippen LogP contribution is -2.71. The van der Waals surface area contributed by atoms with Crippen molar-refractivity contribution in [2.75, 3.05) is 43.4 Å². The van der Waals surface area contributed by atoms with Crippen molar-refractivity contribution < 1.29 is 13.2 Å². The summed E-state index contributed by atoms with van der Waals surface area (Å²) in [5.74, 6) is 0.451. The Labute approximate surface area is 178 Å². The summed E-state index contributed by atoms with van der Waals surface area (Å²) >= 11 is 0. The molecule has 2 aliphatic rings. The van der Waals surface area contributed by atoms with E-state index in [4.69, 9.17) is 0 Å². The first kappa shape index (κ1) is 20.0. The zero-order valence-electron chi connectivity index (χ0n) is 17.4. The van der Waals surface area contributed by atoms with Crippen LogP contribution in [0, 0.1) is 18.2 Å². The van der Waals surface area contributed by atoms with Crippen LogP contribution in [-0.2, 0) is 6.54 Å². The highest BCUT2D eigenvalue weighted by Gasteiger charge is 2.50. The number of anilines is 2. The fourth-order valence-corrected chi connectivity index (χ4v) is 4.77. The van der Waals surface area contributed by atoms with E-state index in [-0.39, 0.29) is 12.1 Å². The number of nitrogens with one attached hydrogen (secondary N) is 1. The van der Waals surface area contributed by atoms with E-state index in [1.54, 1.807) is 6.20 Å². The van der Waals surface area contributed by atoms with Gasteiger partial charge in [0.15, 0.2) is 5.82 Å². The van der Waals surface area contributed by atoms with Gasteiger partial charge in [0.05, 0.1) is 11.3 Å². The molecule has 1 N–H and O–H groups in total. The molecule has 0 unspecified atom stereocenters. The van der Waals surface area contributed by atoms with Crippen molar-refractivity contribution in [3.8, 4) is 0 Å². The minimum Gasteiger partial charge on any atom is -0.364 e. The van der Waals surface area contributed by atoms with Gasteiger partial charge in [0.2, 0.25) is 0 Å². The molecule has 0 radical (unpaired) electrons. The van der Waals surface area contributed by atoms with Crippen LogP contribution in [0.5, 0.6) is 0 Å². The van der Waals surface area contributed by atoms with Crippen LogP contribution in [0.4, 0.5) is 24.8 Å². The number of aromatic nitrogens is 3. The maximum Gasteiger partial charge on any atom is 0.266 e. The van der Waals surface area contributed by atoms with Crippen molar-refractivity contribution in [3.05, 3.63) is 53.1 Å². The van der Waals surface area contributed by atoms with Crippen LogP contribution in [0.1, 0.15) is 23.2 Å². The quantitative estimate of drug-likeness (QED) is 0.668. The molecule has 2 fully saturated rings. The predicted octanol–water partition coefficient (Wildman–Crippen LogP) is 3.77. The second-order valence-electron chi connectivity index (χ2n) is 8.73. The van der Waals surface area contributed by atoms with Crippen LogP contribution in [-0.4, -0.2) is 53.3 Å². The average Bonchev–Trinajstić information content (AvgIpc) is 2.69. The van der Waals surface area contributed by atoms with Crippen LogP contribution < -0.4 is 10.2 Å². The van der Waals surface area contributed by atoms with Crippen LogP contribution in [0.25, 0.3) is 10.8 Å². The minimum absolute atomic E-state index is 0.0239. The first-order valence-electron chi connectivity index (χ1n) is 10.2. The highest BCUT2D eigenvalue weighted by molar-refractivity contribution is 5.94. The Bertz CT molecular complexity index is 1140. The molecule has 0 aliphatic carbocycles. The van der Waals surface area contributed by atoms with Crippen LogP contribution in [0.3, 0.4) is 0 Å². The molecule has 162 valence electrons. The summed E-state index contributed by atoms with van der Waals surface area (Å²) in [7, 11) is 2.13. The molecular formula is C22H23F3N6. The van der Waals surface area contributed by atoms with Gasteiger partial charge in [-0.3, -0.25) is 0 Å². The second kappa shape index (κ2) is 7.33. The SMILES string of the molecule is Cc1nnc(NCc2cccc(C(F)F)c2F)c2cc(N3CC4(CN(C)C4)C3)ncc12. The lowest BCUT2D eigenvalue weighted by molar-refractivity contribution is -0.00278. The normalized spacial score (nSPS) is 17.8. The summed E-state index contributed by atoms with van der Waals surface area (Å²) in [4.78, 5) is 9.17. The number of benzene rings is 1. The topological polar surface area (TPSA) is 57.2 Å². The Morgan fingerprint density at radius 1 is 1.13 bits per heavy atom. The molecular weight excluding hydrogens is 405 g/mol. The van der Waals surface area contributed by atoms with Gasteiger partial charge in [0.1, 0.15) is 11.6 Å². The predicted molar refractivity (Wildman–Crippen MR) is 113 cm³/mol. The summed E-state index contributed by atoms with van der Waals surface area (Å²) in [6.45, 7) is 6.05. The van der Waals surface area contributed by atoms with Gasteiger partial charge in [-0.05, 0) is 20.0 Å². The Kier molecular flexibility index (Phi) is 4.73. The molecule has 2 aromatic heterocycles. The lowest BCUT2D eigenvalue weighted by atomic mass is 9.73. The van der Waals surface area contributed by atoms with Crippen molar-refractivity contribution in [3.63, 3.8) is 0 Å². The van der Waals surface area contributed by atoms with Gasteiger partial charge in [0, 0.05) is 60.7 Å². The van der Waals surface area contributed by atoms with E-state index < -0.39 is 17.8 Å². The molecule has 3 aromatic rings. The largest absolute Gasteiger partial charge is 0.364 e. The van der Waals surface area contributed by atoms with Crippen molar-refractivity contribution in [1.82, 2.24) is 20.1 Å². The van der Waals surface area contributed by atoms with Gasteiger partial charge in [0.25, 0.3) is 6.43 Å². The van der Waals surface area contributed by atoms with E-state index in [9.17, 15) is 13.2 Å². The van der Waals surface area contributed by atoms with Crippen LogP contribution >= 0.6 is 0 Å². The van der Waals surface area contributed by atoms with Crippen molar-refractivity contribution in [1.29, 1.82) is 0 Å². The number of rotatable bonds is 5. The third kappa shape index (κ3) is 3.46. The number of hydrogen-bond acceptors (Lipinski definition) is 6. The monoisotopic (exact) mass is 428 g/mol. The van der Waals surface area contributed by atoms with Crippen LogP contribution in [0.2, 0.25) is 0 Å². The van der Waals surface area contributed by atoms with E-state index in [2.05, 4.69) is 37.3 Å². The summed E-state index contributed by atoms with van der Waals surface area (Å²) in [5, 5.41) is 13.1. The Balaban J connectivity index is 1.40.